The Labute approximate surface area is 94.1 Å². The molecule has 0 bridgehead atoms. The fourth-order valence-corrected chi connectivity index (χ4v) is 2.70. The third-order valence-electron chi connectivity index (χ3n) is 3.64. The number of carbonyl (C=O) groups is 2. The van der Waals surface area contributed by atoms with Gasteiger partial charge in [-0.05, 0) is 24.5 Å². The molecule has 16 heavy (non-hydrogen) atoms. The molecule has 0 N–H and O–H groups in total. The molecule has 1 atom stereocenters. The van der Waals surface area contributed by atoms with Crippen molar-refractivity contribution in [3.8, 4) is 0 Å². The molecule has 1 fully saturated rings. The van der Waals surface area contributed by atoms with E-state index in [2.05, 4.69) is 0 Å². The first kappa shape index (κ1) is 9.58. The van der Waals surface area contributed by atoms with Crippen molar-refractivity contribution in [1.82, 2.24) is 4.90 Å². The Balaban J connectivity index is 2.14. The average Bonchev–Trinajstić information content (AvgIpc) is 2.63. The number of benzene rings is 1. The van der Waals surface area contributed by atoms with Crippen molar-refractivity contribution in [2.45, 2.75) is 32.4 Å². The molecule has 2 aliphatic rings. The number of nitrogens with zero attached hydrogens (tertiary/aromatic N) is 1. The summed E-state index contributed by atoms with van der Waals surface area (Å²) in [6.07, 6.45) is 1.20. The molecule has 1 unspecified atom stereocenters. The van der Waals surface area contributed by atoms with Gasteiger partial charge in [0.2, 0.25) is 5.91 Å². The average molecular weight is 215 g/mol. The van der Waals surface area contributed by atoms with Crippen molar-refractivity contribution >= 4 is 11.7 Å². The van der Waals surface area contributed by atoms with Crippen molar-refractivity contribution in [3.63, 3.8) is 0 Å². The largest absolute Gasteiger partial charge is 0.328 e. The smallest absolute Gasteiger partial charge is 0.223 e. The van der Waals surface area contributed by atoms with E-state index in [0.717, 1.165) is 16.7 Å². The number of rotatable bonds is 0. The summed E-state index contributed by atoms with van der Waals surface area (Å²) < 4.78 is 0. The lowest BCUT2D eigenvalue weighted by atomic mass is 9.90. The van der Waals surface area contributed by atoms with Gasteiger partial charge in [-0.1, -0.05) is 18.2 Å². The maximum absolute atomic E-state index is 12.2. The third kappa shape index (κ3) is 1.14. The van der Waals surface area contributed by atoms with Crippen molar-refractivity contribution in [2.24, 2.45) is 0 Å². The van der Waals surface area contributed by atoms with Crippen LogP contribution in [-0.2, 0) is 11.3 Å². The molecule has 3 heteroatoms. The van der Waals surface area contributed by atoms with Crippen LogP contribution in [0, 0.1) is 6.92 Å². The van der Waals surface area contributed by atoms with Crippen LogP contribution in [0.1, 0.15) is 34.3 Å². The minimum absolute atomic E-state index is 0.118. The summed E-state index contributed by atoms with van der Waals surface area (Å²) in [5.74, 6) is 0.239. The lowest BCUT2D eigenvalue weighted by Gasteiger charge is -2.31. The maximum Gasteiger partial charge on any atom is 0.223 e. The van der Waals surface area contributed by atoms with Gasteiger partial charge in [-0.15, -0.1) is 0 Å². The number of fused-ring (bicyclic) bond motifs is 2. The molecule has 1 saturated heterocycles. The molecule has 2 aliphatic heterocycles. The fourth-order valence-electron chi connectivity index (χ4n) is 2.70. The van der Waals surface area contributed by atoms with E-state index in [-0.39, 0.29) is 17.7 Å². The lowest BCUT2D eigenvalue weighted by molar-refractivity contribution is -0.129. The molecule has 0 spiro atoms. The van der Waals surface area contributed by atoms with E-state index in [1.807, 2.05) is 25.1 Å². The zero-order valence-electron chi connectivity index (χ0n) is 9.19. The molecule has 3 nitrogen and oxygen atoms in total. The van der Waals surface area contributed by atoms with Gasteiger partial charge in [0.1, 0.15) is 0 Å². The highest BCUT2D eigenvalue weighted by atomic mass is 16.2. The molecule has 1 amide bonds. The van der Waals surface area contributed by atoms with Gasteiger partial charge in [-0.2, -0.15) is 0 Å². The predicted molar refractivity (Wildman–Crippen MR) is 59.1 cm³/mol. The predicted octanol–water partition coefficient (Wildman–Crippen LogP) is 1.68. The second kappa shape index (κ2) is 3.17. The van der Waals surface area contributed by atoms with Crippen LogP contribution in [0.3, 0.4) is 0 Å². The minimum Gasteiger partial charge on any atom is -0.328 e. The summed E-state index contributed by atoms with van der Waals surface area (Å²) in [6.45, 7) is 2.60. The molecule has 1 aromatic carbocycles. The Bertz CT molecular complexity index is 493. The van der Waals surface area contributed by atoms with Gasteiger partial charge < -0.3 is 4.90 Å². The van der Waals surface area contributed by atoms with Crippen LogP contribution in [0.2, 0.25) is 0 Å². The SMILES string of the molecule is Cc1cccc2c1CN1C(=O)CCC1C2=O. The highest BCUT2D eigenvalue weighted by molar-refractivity contribution is 6.06. The first-order valence-corrected chi connectivity index (χ1v) is 5.60. The number of Topliss-reactive ketones (excluding diaryl/α,β-unsaturated/α-hetero) is 1. The highest BCUT2D eigenvalue weighted by Gasteiger charge is 2.40. The van der Waals surface area contributed by atoms with Crippen LogP contribution in [0.4, 0.5) is 0 Å². The molecule has 1 aromatic rings. The molecule has 82 valence electrons. The van der Waals surface area contributed by atoms with Crippen LogP contribution >= 0.6 is 0 Å². The van der Waals surface area contributed by atoms with E-state index in [0.29, 0.717) is 19.4 Å². The van der Waals surface area contributed by atoms with Crippen molar-refractivity contribution in [3.05, 3.63) is 34.9 Å². The Kier molecular flexibility index (Phi) is 1.90. The number of ketones is 1. The van der Waals surface area contributed by atoms with Gasteiger partial charge in [0.25, 0.3) is 0 Å². The summed E-state index contributed by atoms with van der Waals surface area (Å²) >= 11 is 0. The second-order valence-electron chi connectivity index (χ2n) is 4.54. The number of hydrogen-bond donors (Lipinski definition) is 0. The van der Waals surface area contributed by atoms with Gasteiger partial charge in [0, 0.05) is 18.5 Å². The molecule has 0 aromatic heterocycles. The van der Waals surface area contributed by atoms with Crippen LogP contribution in [0.25, 0.3) is 0 Å². The highest BCUT2D eigenvalue weighted by Crippen LogP contribution is 2.32. The summed E-state index contributed by atoms with van der Waals surface area (Å²) in [6, 6.07) is 5.60. The summed E-state index contributed by atoms with van der Waals surface area (Å²) in [4.78, 5) is 25.6. The number of hydrogen-bond acceptors (Lipinski definition) is 2. The summed E-state index contributed by atoms with van der Waals surface area (Å²) in [7, 11) is 0. The van der Waals surface area contributed by atoms with Gasteiger partial charge in [0.15, 0.2) is 5.78 Å². The van der Waals surface area contributed by atoms with E-state index in [9.17, 15) is 9.59 Å². The lowest BCUT2D eigenvalue weighted by Crippen LogP contribution is -2.42. The van der Waals surface area contributed by atoms with E-state index in [4.69, 9.17) is 0 Å². The quantitative estimate of drug-likeness (QED) is 0.660. The topological polar surface area (TPSA) is 37.4 Å². The van der Waals surface area contributed by atoms with Crippen molar-refractivity contribution in [1.29, 1.82) is 0 Å². The van der Waals surface area contributed by atoms with Crippen LogP contribution in [0.5, 0.6) is 0 Å². The van der Waals surface area contributed by atoms with Crippen LogP contribution in [0.15, 0.2) is 18.2 Å². The van der Waals surface area contributed by atoms with Gasteiger partial charge in [-0.3, -0.25) is 9.59 Å². The van der Waals surface area contributed by atoms with Crippen LogP contribution < -0.4 is 0 Å². The first-order chi connectivity index (χ1) is 7.68. The molecular weight excluding hydrogens is 202 g/mol. The van der Waals surface area contributed by atoms with Crippen molar-refractivity contribution in [2.75, 3.05) is 0 Å². The van der Waals surface area contributed by atoms with E-state index in [1.165, 1.54) is 0 Å². The second-order valence-corrected chi connectivity index (χ2v) is 4.54. The van der Waals surface area contributed by atoms with Crippen LogP contribution in [-0.4, -0.2) is 22.6 Å². The summed E-state index contributed by atoms with van der Waals surface area (Å²) in [5, 5.41) is 0. The Morgan fingerprint density at radius 1 is 1.31 bits per heavy atom. The Hall–Kier alpha value is -1.64. The minimum atomic E-state index is -0.193. The molecule has 0 radical (unpaired) electrons. The third-order valence-corrected chi connectivity index (χ3v) is 3.64. The molecule has 0 saturated carbocycles. The van der Waals surface area contributed by atoms with Gasteiger partial charge in [0.05, 0.1) is 6.04 Å². The normalized spacial score (nSPS) is 23.3. The number of aryl methyl sites for hydroxylation is 1. The first-order valence-electron chi connectivity index (χ1n) is 5.60. The summed E-state index contributed by atoms with van der Waals surface area (Å²) in [5.41, 5.74) is 2.94. The standard InChI is InChI=1S/C13H13NO2/c1-8-3-2-4-9-10(8)7-14-11(13(9)16)5-6-12(14)15/h2-4,11H,5-7H2,1H3. The monoisotopic (exact) mass is 215 g/mol. The molecule has 0 aliphatic carbocycles. The number of amides is 1. The van der Waals surface area contributed by atoms with Gasteiger partial charge in [-0.25, -0.2) is 0 Å². The Morgan fingerprint density at radius 2 is 2.12 bits per heavy atom. The maximum atomic E-state index is 12.2. The zero-order valence-corrected chi connectivity index (χ0v) is 9.19. The van der Waals surface area contributed by atoms with E-state index < -0.39 is 0 Å². The van der Waals surface area contributed by atoms with Crippen molar-refractivity contribution < 1.29 is 9.59 Å². The van der Waals surface area contributed by atoms with Gasteiger partial charge >= 0.3 is 0 Å². The molecule has 3 rings (SSSR count). The number of carbonyl (C=O) groups excluding carboxylic acids is 2. The zero-order chi connectivity index (χ0) is 11.3. The van der Waals surface area contributed by atoms with E-state index >= 15 is 0 Å². The fraction of sp³-hybridized carbons (Fsp3) is 0.385. The molecule has 2 heterocycles. The van der Waals surface area contributed by atoms with E-state index in [1.54, 1.807) is 4.90 Å². The molecular formula is C13H13NO2. The Morgan fingerprint density at radius 3 is 2.94 bits per heavy atom.